The lowest BCUT2D eigenvalue weighted by Gasteiger charge is -2.12. The second-order valence-corrected chi connectivity index (χ2v) is 7.84. The molecule has 2 amide bonds. The molecule has 7 heteroatoms. The molecule has 0 unspecified atom stereocenters. The summed E-state index contributed by atoms with van der Waals surface area (Å²) < 4.78 is 5.25. The number of hydrogen-bond acceptors (Lipinski definition) is 5. The SMILES string of the molecule is Cc1ccc(-c2cc(C(=O)OCC(=O)NNC(=O)c3ccccc3)c3ccccc3n2)c(C)c1. The summed E-state index contributed by atoms with van der Waals surface area (Å²) in [6.45, 7) is 3.45. The van der Waals surface area contributed by atoms with Crippen molar-refractivity contribution in [2.24, 2.45) is 0 Å². The monoisotopic (exact) mass is 453 g/mol. The summed E-state index contributed by atoms with van der Waals surface area (Å²) in [6, 6.07) is 23.4. The third kappa shape index (κ3) is 5.10. The van der Waals surface area contributed by atoms with E-state index in [-0.39, 0.29) is 0 Å². The molecule has 0 saturated heterocycles. The maximum absolute atomic E-state index is 12.9. The first-order valence-electron chi connectivity index (χ1n) is 10.7. The summed E-state index contributed by atoms with van der Waals surface area (Å²) in [5, 5.41) is 0.624. The fourth-order valence-electron chi connectivity index (χ4n) is 3.62. The summed E-state index contributed by atoms with van der Waals surface area (Å²) >= 11 is 0. The van der Waals surface area contributed by atoms with Crippen molar-refractivity contribution in [1.29, 1.82) is 0 Å². The maximum Gasteiger partial charge on any atom is 0.339 e. The van der Waals surface area contributed by atoms with Gasteiger partial charge in [-0.1, -0.05) is 60.2 Å². The average molecular weight is 453 g/mol. The number of para-hydroxylation sites is 1. The van der Waals surface area contributed by atoms with E-state index < -0.39 is 24.4 Å². The molecule has 1 aromatic heterocycles. The van der Waals surface area contributed by atoms with Gasteiger partial charge in [-0.2, -0.15) is 0 Å². The number of aryl methyl sites for hydroxylation is 2. The molecular weight excluding hydrogens is 430 g/mol. The molecule has 7 nitrogen and oxygen atoms in total. The number of fused-ring (bicyclic) bond motifs is 1. The Hall–Kier alpha value is -4.52. The van der Waals surface area contributed by atoms with Crippen LogP contribution < -0.4 is 10.9 Å². The van der Waals surface area contributed by atoms with Crippen LogP contribution in [0.5, 0.6) is 0 Å². The number of carbonyl (C=O) groups is 3. The Morgan fingerprint density at radius 3 is 2.35 bits per heavy atom. The van der Waals surface area contributed by atoms with Crippen molar-refractivity contribution >= 4 is 28.7 Å². The van der Waals surface area contributed by atoms with E-state index >= 15 is 0 Å². The van der Waals surface area contributed by atoms with Gasteiger partial charge in [-0.15, -0.1) is 0 Å². The second kappa shape index (κ2) is 9.95. The number of hydrogen-bond donors (Lipinski definition) is 2. The minimum Gasteiger partial charge on any atom is -0.452 e. The summed E-state index contributed by atoms with van der Waals surface area (Å²) in [7, 11) is 0. The van der Waals surface area contributed by atoms with Gasteiger partial charge < -0.3 is 4.74 Å². The molecule has 0 spiro atoms. The zero-order valence-corrected chi connectivity index (χ0v) is 18.8. The molecule has 0 bridgehead atoms. The largest absolute Gasteiger partial charge is 0.452 e. The lowest BCUT2D eigenvalue weighted by molar-refractivity contribution is -0.125. The molecule has 0 atom stereocenters. The zero-order chi connectivity index (χ0) is 24.1. The van der Waals surface area contributed by atoms with Crippen LogP contribution in [0, 0.1) is 13.8 Å². The van der Waals surface area contributed by atoms with Crippen molar-refractivity contribution in [1.82, 2.24) is 15.8 Å². The molecule has 0 saturated carbocycles. The van der Waals surface area contributed by atoms with Crippen molar-refractivity contribution < 1.29 is 19.1 Å². The summed E-state index contributed by atoms with van der Waals surface area (Å²) in [6.07, 6.45) is 0. The van der Waals surface area contributed by atoms with E-state index in [0.29, 0.717) is 27.7 Å². The molecule has 170 valence electrons. The van der Waals surface area contributed by atoms with Gasteiger partial charge in [0.05, 0.1) is 16.8 Å². The molecule has 4 rings (SSSR count). The van der Waals surface area contributed by atoms with Crippen LogP contribution in [0.25, 0.3) is 22.2 Å². The number of aromatic nitrogens is 1. The highest BCUT2D eigenvalue weighted by atomic mass is 16.5. The molecule has 0 aliphatic carbocycles. The van der Waals surface area contributed by atoms with Crippen molar-refractivity contribution in [3.63, 3.8) is 0 Å². The van der Waals surface area contributed by atoms with Crippen molar-refractivity contribution in [3.8, 4) is 11.3 Å². The summed E-state index contributed by atoms with van der Waals surface area (Å²) in [4.78, 5) is 41.8. The summed E-state index contributed by atoms with van der Waals surface area (Å²) in [5.41, 5.74) is 9.60. The van der Waals surface area contributed by atoms with Gasteiger partial charge in [-0.25, -0.2) is 9.78 Å². The predicted molar refractivity (Wildman–Crippen MR) is 129 cm³/mol. The van der Waals surface area contributed by atoms with Crippen molar-refractivity contribution in [2.75, 3.05) is 6.61 Å². The minimum atomic E-state index is -0.661. The fraction of sp³-hybridized carbons (Fsp3) is 0.111. The van der Waals surface area contributed by atoms with Crippen molar-refractivity contribution in [3.05, 3.63) is 101 Å². The first kappa shape index (κ1) is 22.7. The van der Waals surface area contributed by atoms with Gasteiger partial charge in [0, 0.05) is 16.5 Å². The molecule has 0 aliphatic heterocycles. The molecular formula is C27H23N3O4. The van der Waals surface area contributed by atoms with Crippen LogP contribution in [-0.2, 0) is 9.53 Å². The van der Waals surface area contributed by atoms with E-state index in [1.165, 1.54) is 0 Å². The normalized spacial score (nSPS) is 10.5. The Labute approximate surface area is 196 Å². The molecule has 0 radical (unpaired) electrons. The van der Waals surface area contributed by atoms with Gasteiger partial charge in [0.25, 0.3) is 11.8 Å². The number of amides is 2. The Morgan fingerprint density at radius 1 is 0.853 bits per heavy atom. The van der Waals surface area contributed by atoms with Crippen LogP contribution in [0.3, 0.4) is 0 Å². The van der Waals surface area contributed by atoms with E-state index in [2.05, 4.69) is 16.9 Å². The quantitative estimate of drug-likeness (QED) is 0.350. The molecule has 2 N–H and O–H groups in total. The van der Waals surface area contributed by atoms with E-state index in [1.807, 2.05) is 44.2 Å². The first-order valence-corrected chi connectivity index (χ1v) is 10.7. The number of nitrogens with one attached hydrogen (secondary N) is 2. The molecule has 3 aromatic carbocycles. The third-order valence-corrected chi connectivity index (χ3v) is 5.28. The Bertz CT molecular complexity index is 1380. The van der Waals surface area contributed by atoms with Crippen LogP contribution in [0.4, 0.5) is 0 Å². The van der Waals surface area contributed by atoms with Crippen LogP contribution in [0.15, 0.2) is 78.9 Å². The van der Waals surface area contributed by atoms with Crippen LogP contribution >= 0.6 is 0 Å². The first-order chi connectivity index (χ1) is 16.4. The van der Waals surface area contributed by atoms with Gasteiger partial charge in [0.15, 0.2) is 6.61 Å². The number of rotatable bonds is 5. The van der Waals surface area contributed by atoms with Crippen LogP contribution in [-0.4, -0.2) is 29.4 Å². The number of nitrogens with zero attached hydrogens (tertiary/aromatic N) is 1. The van der Waals surface area contributed by atoms with Crippen LogP contribution in [0.1, 0.15) is 31.8 Å². The van der Waals surface area contributed by atoms with Gasteiger partial charge in [0.1, 0.15) is 0 Å². The lowest BCUT2D eigenvalue weighted by Crippen LogP contribution is -2.43. The van der Waals surface area contributed by atoms with E-state index in [4.69, 9.17) is 9.72 Å². The predicted octanol–water partition coefficient (Wildman–Crippen LogP) is 4.14. The van der Waals surface area contributed by atoms with Gasteiger partial charge in [-0.3, -0.25) is 20.4 Å². The minimum absolute atomic E-state index is 0.307. The van der Waals surface area contributed by atoms with Gasteiger partial charge >= 0.3 is 5.97 Å². The molecule has 4 aromatic rings. The lowest BCUT2D eigenvalue weighted by atomic mass is 9.99. The molecule has 0 aliphatic rings. The molecule has 1 heterocycles. The Kier molecular flexibility index (Phi) is 6.64. The summed E-state index contributed by atoms with van der Waals surface area (Å²) in [5.74, 6) is -1.79. The number of esters is 1. The zero-order valence-electron chi connectivity index (χ0n) is 18.8. The number of carbonyl (C=O) groups excluding carboxylic acids is 3. The van der Waals surface area contributed by atoms with Gasteiger partial charge in [0.2, 0.25) is 0 Å². The average Bonchev–Trinajstić information content (AvgIpc) is 2.85. The molecule has 0 fully saturated rings. The highest BCUT2D eigenvalue weighted by Crippen LogP contribution is 2.28. The fourth-order valence-corrected chi connectivity index (χ4v) is 3.62. The number of ether oxygens (including phenoxy) is 1. The number of hydrazine groups is 1. The van der Waals surface area contributed by atoms with E-state index in [0.717, 1.165) is 16.7 Å². The van der Waals surface area contributed by atoms with E-state index in [1.54, 1.807) is 42.5 Å². The second-order valence-electron chi connectivity index (χ2n) is 7.84. The standard InChI is InChI=1S/C27H23N3O4/c1-17-12-13-20(18(2)14-17)24-15-22(21-10-6-7-11-23(21)28-24)27(33)34-16-25(31)29-30-26(32)19-8-4-3-5-9-19/h3-15H,16H2,1-2H3,(H,29,31)(H,30,32). The van der Waals surface area contributed by atoms with Crippen LogP contribution in [0.2, 0.25) is 0 Å². The Morgan fingerprint density at radius 2 is 1.59 bits per heavy atom. The number of benzene rings is 3. The highest BCUT2D eigenvalue weighted by Gasteiger charge is 2.17. The van der Waals surface area contributed by atoms with E-state index in [9.17, 15) is 14.4 Å². The highest BCUT2D eigenvalue weighted by molar-refractivity contribution is 6.05. The maximum atomic E-state index is 12.9. The molecule has 34 heavy (non-hydrogen) atoms. The topological polar surface area (TPSA) is 97.4 Å². The smallest absolute Gasteiger partial charge is 0.339 e. The Balaban J connectivity index is 1.49. The van der Waals surface area contributed by atoms with Gasteiger partial charge in [-0.05, 0) is 43.7 Å². The third-order valence-electron chi connectivity index (χ3n) is 5.28. The van der Waals surface area contributed by atoms with Crippen molar-refractivity contribution in [2.45, 2.75) is 13.8 Å². The number of pyridine rings is 1.